The van der Waals surface area contributed by atoms with E-state index in [0.717, 1.165) is 5.65 Å². The van der Waals surface area contributed by atoms with Crippen LogP contribution >= 0.6 is 0 Å². The number of hydrogen-bond acceptors (Lipinski definition) is 2. The fourth-order valence-electron chi connectivity index (χ4n) is 1.31. The van der Waals surface area contributed by atoms with E-state index >= 15 is 0 Å². The molecule has 0 bridgehead atoms. The molecule has 2 rings (SSSR count). The minimum absolute atomic E-state index is 0.949. The maximum Gasteiger partial charge on any atom is 0.162 e. The summed E-state index contributed by atoms with van der Waals surface area (Å²) in [6, 6.07) is 1.98. The maximum absolute atomic E-state index is 4.01. The zero-order valence-electron chi connectivity index (χ0n) is 6.57. The second-order valence-corrected chi connectivity index (χ2v) is 2.69. The second-order valence-electron chi connectivity index (χ2n) is 2.69. The zero-order valence-corrected chi connectivity index (χ0v) is 6.57. The summed E-state index contributed by atoms with van der Waals surface area (Å²) in [5.41, 5.74) is 2.20. The summed E-state index contributed by atoms with van der Waals surface area (Å²) in [4.78, 5) is 0. The molecule has 0 N–H and O–H groups in total. The molecule has 0 saturated carbocycles. The van der Waals surface area contributed by atoms with E-state index in [1.807, 2.05) is 17.7 Å². The Bertz CT molecular complexity index is 353. The minimum Gasteiger partial charge on any atom is -0.334 e. The average molecular weight is 147 g/mol. The highest BCUT2D eigenvalue weighted by molar-refractivity contribution is 5.79. The predicted molar refractivity (Wildman–Crippen MR) is 43.2 cm³/mol. The van der Waals surface area contributed by atoms with Crippen molar-refractivity contribution in [3.8, 4) is 0 Å². The Morgan fingerprint density at radius 3 is 3.00 bits per heavy atom. The molecule has 2 aromatic rings. The molecular formula is C8H9N3. The van der Waals surface area contributed by atoms with Gasteiger partial charge in [-0.15, -0.1) is 5.10 Å². The highest BCUT2D eigenvalue weighted by Gasteiger charge is 2.01. The van der Waals surface area contributed by atoms with Gasteiger partial charge in [0.05, 0.1) is 6.20 Å². The van der Waals surface area contributed by atoms with Gasteiger partial charge < -0.3 is 4.57 Å². The third-order valence-electron chi connectivity index (χ3n) is 1.85. The van der Waals surface area contributed by atoms with Crippen LogP contribution in [-0.2, 0) is 7.05 Å². The van der Waals surface area contributed by atoms with Crippen LogP contribution in [0.2, 0.25) is 0 Å². The Balaban J connectivity index is 2.95. The quantitative estimate of drug-likeness (QED) is 0.562. The van der Waals surface area contributed by atoms with Gasteiger partial charge in [-0.1, -0.05) is 0 Å². The smallest absolute Gasteiger partial charge is 0.162 e. The average Bonchev–Trinajstić information content (AvgIpc) is 2.30. The van der Waals surface area contributed by atoms with Gasteiger partial charge in [0, 0.05) is 18.6 Å². The Morgan fingerprint density at radius 1 is 1.45 bits per heavy atom. The maximum atomic E-state index is 4.01. The number of rotatable bonds is 0. The fraction of sp³-hybridized carbons (Fsp3) is 0.250. The zero-order chi connectivity index (χ0) is 7.84. The van der Waals surface area contributed by atoms with Crippen LogP contribution in [0, 0.1) is 6.92 Å². The van der Waals surface area contributed by atoms with E-state index in [9.17, 15) is 0 Å². The van der Waals surface area contributed by atoms with Crippen LogP contribution in [0.25, 0.3) is 11.0 Å². The number of fused-ring (bicyclic) bond motifs is 1. The van der Waals surface area contributed by atoms with Crippen molar-refractivity contribution in [3.63, 3.8) is 0 Å². The molecule has 0 unspecified atom stereocenters. The normalized spacial score (nSPS) is 10.7. The van der Waals surface area contributed by atoms with E-state index in [0.29, 0.717) is 0 Å². The largest absolute Gasteiger partial charge is 0.334 e. The first-order valence-electron chi connectivity index (χ1n) is 3.52. The van der Waals surface area contributed by atoms with Gasteiger partial charge in [0.2, 0.25) is 0 Å². The van der Waals surface area contributed by atoms with Gasteiger partial charge in [0.1, 0.15) is 0 Å². The van der Waals surface area contributed by atoms with Gasteiger partial charge in [0.15, 0.2) is 5.65 Å². The summed E-state index contributed by atoms with van der Waals surface area (Å²) in [6.07, 6.45) is 3.77. The molecule has 56 valence electrons. The van der Waals surface area contributed by atoms with Crippen molar-refractivity contribution in [2.75, 3.05) is 0 Å². The molecule has 2 heterocycles. The van der Waals surface area contributed by atoms with E-state index in [1.54, 1.807) is 6.20 Å². The topological polar surface area (TPSA) is 30.7 Å². The summed E-state index contributed by atoms with van der Waals surface area (Å²) in [7, 11) is 1.98. The van der Waals surface area contributed by atoms with Crippen molar-refractivity contribution in [2.45, 2.75) is 6.92 Å². The Hall–Kier alpha value is -1.38. The summed E-state index contributed by atoms with van der Waals surface area (Å²) in [6.45, 7) is 2.07. The van der Waals surface area contributed by atoms with Crippen LogP contribution in [0.5, 0.6) is 0 Å². The molecule has 0 amide bonds. The van der Waals surface area contributed by atoms with Crippen LogP contribution < -0.4 is 0 Å². The lowest BCUT2D eigenvalue weighted by Gasteiger charge is -1.90. The molecule has 3 heteroatoms. The van der Waals surface area contributed by atoms with E-state index < -0.39 is 0 Å². The SMILES string of the molecule is Cc1cn(C)c2nnccc12. The van der Waals surface area contributed by atoms with Crippen molar-refractivity contribution in [2.24, 2.45) is 7.05 Å². The molecule has 0 spiro atoms. The molecule has 0 atom stereocenters. The molecule has 2 aromatic heterocycles. The third kappa shape index (κ3) is 0.808. The van der Waals surface area contributed by atoms with Gasteiger partial charge in [0.25, 0.3) is 0 Å². The van der Waals surface area contributed by atoms with Crippen LogP contribution in [0.4, 0.5) is 0 Å². The predicted octanol–water partition coefficient (Wildman–Crippen LogP) is 1.28. The summed E-state index contributed by atoms with van der Waals surface area (Å²) in [5.74, 6) is 0. The molecule has 0 radical (unpaired) electrons. The minimum atomic E-state index is 0.949. The van der Waals surface area contributed by atoms with Gasteiger partial charge >= 0.3 is 0 Å². The number of aryl methyl sites for hydroxylation is 2. The monoisotopic (exact) mass is 147 g/mol. The summed E-state index contributed by atoms with van der Waals surface area (Å²) in [5, 5.41) is 9.01. The Kier molecular flexibility index (Phi) is 1.18. The van der Waals surface area contributed by atoms with Crippen molar-refractivity contribution in [1.82, 2.24) is 14.8 Å². The van der Waals surface area contributed by atoms with Crippen LogP contribution in [0.3, 0.4) is 0 Å². The Labute approximate surface area is 64.7 Å². The molecule has 3 nitrogen and oxygen atoms in total. The van der Waals surface area contributed by atoms with Crippen molar-refractivity contribution in [3.05, 3.63) is 24.0 Å². The standard InChI is InChI=1S/C8H9N3/c1-6-5-11(2)8-7(6)3-4-9-10-8/h3-5H,1-2H3. The molecule has 0 aliphatic heterocycles. The Morgan fingerprint density at radius 2 is 2.27 bits per heavy atom. The molecule has 11 heavy (non-hydrogen) atoms. The highest BCUT2D eigenvalue weighted by Crippen LogP contribution is 2.15. The van der Waals surface area contributed by atoms with Gasteiger partial charge in [-0.3, -0.25) is 0 Å². The van der Waals surface area contributed by atoms with E-state index in [-0.39, 0.29) is 0 Å². The first-order chi connectivity index (χ1) is 5.29. The third-order valence-corrected chi connectivity index (χ3v) is 1.85. The number of hydrogen-bond donors (Lipinski definition) is 0. The van der Waals surface area contributed by atoms with Gasteiger partial charge in [-0.05, 0) is 18.6 Å². The molecule has 0 aliphatic rings. The van der Waals surface area contributed by atoms with Crippen molar-refractivity contribution in [1.29, 1.82) is 0 Å². The van der Waals surface area contributed by atoms with E-state index in [2.05, 4.69) is 23.3 Å². The highest BCUT2D eigenvalue weighted by atomic mass is 15.2. The first kappa shape index (κ1) is 6.34. The van der Waals surface area contributed by atoms with E-state index in [1.165, 1.54) is 10.9 Å². The molecule has 0 aliphatic carbocycles. The first-order valence-corrected chi connectivity index (χ1v) is 3.52. The molecule has 0 fully saturated rings. The van der Waals surface area contributed by atoms with E-state index in [4.69, 9.17) is 0 Å². The number of nitrogens with zero attached hydrogens (tertiary/aromatic N) is 3. The lowest BCUT2D eigenvalue weighted by Crippen LogP contribution is -1.88. The summed E-state index contributed by atoms with van der Waals surface area (Å²) < 4.78 is 1.98. The van der Waals surface area contributed by atoms with Gasteiger partial charge in [-0.2, -0.15) is 5.10 Å². The summed E-state index contributed by atoms with van der Waals surface area (Å²) >= 11 is 0. The van der Waals surface area contributed by atoms with Crippen molar-refractivity contribution >= 4 is 11.0 Å². The van der Waals surface area contributed by atoms with Crippen LogP contribution in [0.1, 0.15) is 5.56 Å². The molecular weight excluding hydrogens is 138 g/mol. The van der Waals surface area contributed by atoms with Crippen molar-refractivity contribution < 1.29 is 0 Å². The molecule has 0 saturated heterocycles. The lowest BCUT2D eigenvalue weighted by molar-refractivity contribution is 0.915. The molecule has 0 aromatic carbocycles. The lowest BCUT2D eigenvalue weighted by atomic mass is 10.3. The fourth-order valence-corrected chi connectivity index (χ4v) is 1.31. The number of aromatic nitrogens is 3. The van der Waals surface area contributed by atoms with Crippen LogP contribution in [-0.4, -0.2) is 14.8 Å². The van der Waals surface area contributed by atoms with Crippen LogP contribution in [0.15, 0.2) is 18.5 Å². The van der Waals surface area contributed by atoms with Gasteiger partial charge in [-0.25, -0.2) is 0 Å². The second kappa shape index (κ2) is 2.05.